The molecule has 0 atom stereocenters. The van der Waals surface area contributed by atoms with Gasteiger partial charge in [0, 0.05) is 6.42 Å². The Balaban J connectivity index is 1.37. The lowest BCUT2D eigenvalue weighted by molar-refractivity contribution is -0.121. The summed E-state index contributed by atoms with van der Waals surface area (Å²) in [7, 11) is 1.67. The van der Waals surface area contributed by atoms with E-state index in [4.69, 9.17) is 9.47 Å². The van der Waals surface area contributed by atoms with Crippen LogP contribution in [0.15, 0.2) is 77.9 Å². The number of hydrogen-bond acceptors (Lipinski definition) is 4. The van der Waals surface area contributed by atoms with Gasteiger partial charge in [-0.25, -0.2) is 5.43 Å². The summed E-state index contributed by atoms with van der Waals surface area (Å²) in [5, 5.41) is 4.05. The van der Waals surface area contributed by atoms with Crippen molar-refractivity contribution in [1.29, 1.82) is 0 Å². The van der Waals surface area contributed by atoms with Gasteiger partial charge in [0.1, 0.15) is 18.1 Å². The van der Waals surface area contributed by atoms with Crippen molar-refractivity contribution in [3.63, 3.8) is 0 Å². The highest BCUT2D eigenvalue weighted by atomic mass is 16.5. The highest BCUT2D eigenvalue weighted by molar-refractivity contribution is 5.82. The topological polar surface area (TPSA) is 59.9 Å². The molecule has 0 bridgehead atoms. The van der Waals surface area contributed by atoms with Crippen LogP contribution in [0.2, 0.25) is 0 Å². The van der Waals surface area contributed by atoms with Gasteiger partial charge in [-0.1, -0.05) is 42.5 Å². The number of hydrogen-bond donors (Lipinski definition) is 1. The van der Waals surface area contributed by atoms with Crippen LogP contribution in [-0.2, 0) is 17.8 Å². The number of nitrogens with one attached hydrogen (secondary N) is 1. The lowest BCUT2D eigenvalue weighted by atomic mass is 10.1. The molecule has 0 aromatic heterocycles. The first-order chi connectivity index (χ1) is 15.1. The molecule has 0 unspecified atom stereocenters. The molecule has 160 valence electrons. The van der Waals surface area contributed by atoms with Gasteiger partial charge < -0.3 is 9.47 Å². The van der Waals surface area contributed by atoms with E-state index in [1.165, 1.54) is 5.56 Å². The van der Waals surface area contributed by atoms with Gasteiger partial charge in [-0.3, -0.25) is 4.79 Å². The fraction of sp³-hybridized carbons (Fsp3) is 0.231. The van der Waals surface area contributed by atoms with Gasteiger partial charge in [0.15, 0.2) is 0 Å². The van der Waals surface area contributed by atoms with Crippen molar-refractivity contribution in [2.45, 2.75) is 32.8 Å². The summed E-state index contributed by atoms with van der Waals surface area (Å²) in [6, 6.07) is 23.7. The monoisotopic (exact) mass is 416 g/mol. The summed E-state index contributed by atoms with van der Waals surface area (Å²) in [6.07, 6.45) is 3.66. The van der Waals surface area contributed by atoms with E-state index in [9.17, 15) is 4.79 Å². The second kappa shape index (κ2) is 11.6. The SMILES string of the molecule is COc1ccc(CCCC(=O)N/N=C\c2ccc(OCc3ccccc3)cc2)cc1C. The van der Waals surface area contributed by atoms with E-state index in [1.807, 2.05) is 73.7 Å². The number of amides is 1. The van der Waals surface area contributed by atoms with Crippen LogP contribution in [0.25, 0.3) is 0 Å². The average Bonchev–Trinajstić information content (AvgIpc) is 2.79. The van der Waals surface area contributed by atoms with Crippen LogP contribution >= 0.6 is 0 Å². The Labute approximate surface area is 183 Å². The Morgan fingerprint density at radius 2 is 1.77 bits per heavy atom. The first kappa shape index (κ1) is 22.1. The van der Waals surface area contributed by atoms with Crippen LogP contribution in [0.5, 0.6) is 11.5 Å². The molecule has 5 nitrogen and oxygen atoms in total. The predicted molar refractivity (Wildman–Crippen MR) is 124 cm³/mol. The van der Waals surface area contributed by atoms with Crippen molar-refractivity contribution in [2.75, 3.05) is 7.11 Å². The Morgan fingerprint density at radius 1 is 1.00 bits per heavy atom. The average molecular weight is 417 g/mol. The molecule has 0 radical (unpaired) electrons. The minimum atomic E-state index is -0.0932. The lowest BCUT2D eigenvalue weighted by Gasteiger charge is -2.07. The maximum Gasteiger partial charge on any atom is 0.240 e. The molecule has 0 aliphatic heterocycles. The fourth-order valence-corrected chi connectivity index (χ4v) is 3.17. The Bertz CT molecular complexity index is 999. The summed E-state index contributed by atoms with van der Waals surface area (Å²) in [4.78, 5) is 12.0. The van der Waals surface area contributed by atoms with Crippen molar-refractivity contribution in [3.05, 3.63) is 95.1 Å². The van der Waals surface area contributed by atoms with E-state index in [0.29, 0.717) is 13.0 Å². The van der Waals surface area contributed by atoms with Crippen LogP contribution in [0.4, 0.5) is 0 Å². The van der Waals surface area contributed by atoms with Crippen LogP contribution in [0, 0.1) is 6.92 Å². The Morgan fingerprint density at radius 3 is 2.48 bits per heavy atom. The maximum absolute atomic E-state index is 12.0. The molecule has 0 aliphatic carbocycles. The van der Waals surface area contributed by atoms with Gasteiger partial charge in [-0.05, 0) is 72.4 Å². The third kappa shape index (κ3) is 7.30. The molecular formula is C26H28N2O3. The van der Waals surface area contributed by atoms with Gasteiger partial charge in [0.05, 0.1) is 13.3 Å². The lowest BCUT2D eigenvalue weighted by Crippen LogP contribution is -2.17. The van der Waals surface area contributed by atoms with Crippen molar-refractivity contribution in [2.24, 2.45) is 5.10 Å². The molecule has 3 aromatic rings. The quantitative estimate of drug-likeness (QED) is 0.371. The summed E-state index contributed by atoms with van der Waals surface area (Å²) in [5.74, 6) is 1.58. The number of aryl methyl sites for hydroxylation is 2. The Kier molecular flexibility index (Phi) is 8.23. The van der Waals surface area contributed by atoms with E-state index < -0.39 is 0 Å². The minimum Gasteiger partial charge on any atom is -0.496 e. The fourth-order valence-electron chi connectivity index (χ4n) is 3.17. The molecule has 0 aliphatic rings. The molecule has 0 saturated heterocycles. The second-order valence-corrected chi connectivity index (χ2v) is 7.29. The summed E-state index contributed by atoms with van der Waals surface area (Å²) >= 11 is 0. The molecule has 1 N–H and O–H groups in total. The van der Waals surface area contributed by atoms with Crippen molar-refractivity contribution >= 4 is 12.1 Å². The highest BCUT2D eigenvalue weighted by Crippen LogP contribution is 2.19. The second-order valence-electron chi connectivity index (χ2n) is 7.29. The molecule has 0 heterocycles. The van der Waals surface area contributed by atoms with Crippen molar-refractivity contribution < 1.29 is 14.3 Å². The first-order valence-corrected chi connectivity index (χ1v) is 10.4. The Hall–Kier alpha value is -3.60. The third-order valence-electron chi connectivity index (χ3n) is 4.86. The molecular weight excluding hydrogens is 388 g/mol. The van der Waals surface area contributed by atoms with Gasteiger partial charge in [-0.2, -0.15) is 5.10 Å². The predicted octanol–water partition coefficient (Wildman–Crippen LogP) is 5.06. The number of carbonyl (C=O) groups excluding carboxylic acids is 1. The van der Waals surface area contributed by atoms with E-state index >= 15 is 0 Å². The van der Waals surface area contributed by atoms with E-state index in [-0.39, 0.29) is 5.91 Å². The van der Waals surface area contributed by atoms with Crippen LogP contribution in [0.1, 0.15) is 35.1 Å². The van der Waals surface area contributed by atoms with Crippen LogP contribution in [0.3, 0.4) is 0 Å². The van der Waals surface area contributed by atoms with Gasteiger partial charge in [0.2, 0.25) is 5.91 Å². The van der Waals surface area contributed by atoms with Crippen LogP contribution in [-0.4, -0.2) is 19.2 Å². The molecule has 31 heavy (non-hydrogen) atoms. The number of nitrogens with zero attached hydrogens (tertiary/aromatic N) is 1. The van der Waals surface area contributed by atoms with E-state index in [0.717, 1.165) is 41.0 Å². The van der Waals surface area contributed by atoms with Gasteiger partial charge >= 0.3 is 0 Å². The molecule has 5 heteroatoms. The minimum absolute atomic E-state index is 0.0932. The molecule has 3 rings (SSSR count). The maximum atomic E-state index is 12.0. The number of benzene rings is 3. The van der Waals surface area contributed by atoms with Crippen LogP contribution < -0.4 is 14.9 Å². The summed E-state index contributed by atoms with van der Waals surface area (Å²) in [5.41, 5.74) is 6.90. The standard InChI is InChI=1S/C26H28N2O3/c1-20-17-21(13-16-25(20)30-2)9-6-10-26(29)28-27-18-22-11-14-24(15-12-22)31-19-23-7-4-3-5-8-23/h3-5,7-8,11-18H,6,9-10,19H2,1-2H3,(H,28,29)/b27-18-. The van der Waals surface area contributed by atoms with Crippen molar-refractivity contribution in [3.8, 4) is 11.5 Å². The summed E-state index contributed by atoms with van der Waals surface area (Å²) in [6.45, 7) is 2.55. The normalized spacial score (nSPS) is 10.8. The zero-order valence-electron chi connectivity index (χ0n) is 18.0. The smallest absolute Gasteiger partial charge is 0.240 e. The van der Waals surface area contributed by atoms with Gasteiger partial charge in [0.25, 0.3) is 0 Å². The number of ether oxygens (including phenoxy) is 2. The molecule has 1 amide bonds. The summed E-state index contributed by atoms with van der Waals surface area (Å²) < 4.78 is 11.0. The zero-order valence-corrected chi connectivity index (χ0v) is 18.0. The van der Waals surface area contributed by atoms with E-state index in [2.05, 4.69) is 16.6 Å². The molecule has 0 fully saturated rings. The molecule has 3 aromatic carbocycles. The van der Waals surface area contributed by atoms with Crippen molar-refractivity contribution in [1.82, 2.24) is 5.43 Å². The number of rotatable bonds is 10. The first-order valence-electron chi connectivity index (χ1n) is 10.4. The highest BCUT2D eigenvalue weighted by Gasteiger charge is 2.03. The number of hydrazone groups is 1. The van der Waals surface area contributed by atoms with E-state index in [1.54, 1.807) is 13.3 Å². The largest absolute Gasteiger partial charge is 0.496 e. The molecule has 0 spiro atoms. The number of methoxy groups -OCH3 is 1. The molecule has 0 saturated carbocycles. The van der Waals surface area contributed by atoms with Gasteiger partial charge in [-0.15, -0.1) is 0 Å². The zero-order chi connectivity index (χ0) is 21.9. The third-order valence-corrected chi connectivity index (χ3v) is 4.86. The number of carbonyl (C=O) groups is 1.